The number of nitrogens with zero attached hydrogens (tertiary/aromatic N) is 3. The molecule has 0 unspecified atom stereocenters. The molecule has 74 valence electrons. The normalized spacial score (nSPS) is 12.4. The maximum atomic E-state index is 9.09. The molecule has 0 spiro atoms. The zero-order valence-corrected chi connectivity index (χ0v) is 8.19. The van der Waals surface area contributed by atoms with Gasteiger partial charge >= 0.3 is 0 Å². The summed E-state index contributed by atoms with van der Waals surface area (Å²) >= 11 is 0. The molecule has 0 aliphatic rings. The molecule has 1 aromatic heterocycles. The third-order valence-corrected chi connectivity index (χ3v) is 2.21. The molecule has 0 bridgehead atoms. The Kier molecular flexibility index (Phi) is 3.00. The Morgan fingerprint density at radius 2 is 2.31 bits per heavy atom. The molecule has 1 heterocycles. The van der Waals surface area contributed by atoms with Crippen LogP contribution >= 0.6 is 0 Å². The van der Waals surface area contributed by atoms with Gasteiger partial charge in [-0.05, 0) is 20.9 Å². The smallest absolute Gasteiger partial charge is 0.213 e. The van der Waals surface area contributed by atoms with E-state index >= 15 is 0 Å². The van der Waals surface area contributed by atoms with Crippen LogP contribution in [-0.2, 0) is 6.54 Å². The van der Waals surface area contributed by atoms with Gasteiger partial charge in [-0.15, -0.1) is 0 Å². The summed E-state index contributed by atoms with van der Waals surface area (Å²) in [6.07, 6.45) is 1.30. The molecule has 5 nitrogen and oxygen atoms in total. The van der Waals surface area contributed by atoms with Crippen molar-refractivity contribution in [3.8, 4) is 0 Å². The van der Waals surface area contributed by atoms with E-state index in [1.807, 2.05) is 25.8 Å². The van der Waals surface area contributed by atoms with Crippen molar-refractivity contribution >= 4 is 0 Å². The maximum Gasteiger partial charge on any atom is 0.213 e. The number of aliphatic hydroxyl groups is 1. The predicted molar refractivity (Wildman–Crippen MR) is 46.9 cm³/mol. The SMILES string of the molecule is CN(Cc1ncon1)C(C)(C)CO. The Morgan fingerprint density at radius 1 is 1.62 bits per heavy atom. The van der Waals surface area contributed by atoms with E-state index in [2.05, 4.69) is 14.7 Å². The first kappa shape index (κ1) is 10.1. The summed E-state index contributed by atoms with van der Waals surface area (Å²) in [5, 5.41) is 12.8. The minimum absolute atomic E-state index is 0.0986. The molecule has 0 saturated carbocycles. The molecule has 0 aliphatic heterocycles. The predicted octanol–water partition coefficient (Wildman–Crippen LogP) is 0.272. The first-order chi connectivity index (χ1) is 6.06. The summed E-state index contributed by atoms with van der Waals surface area (Å²) < 4.78 is 4.61. The van der Waals surface area contributed by atoms with Crippen LogP contribution in [0.3, 0.4) is 0 Å². The maximum absolute atomic E-state index is 9.09. The van der Waals surface area contributed by atoms with Crippen LogP contribution in [0.5, 0.6) is 0 Å². The van der Waals surface area contributed by atoms with Crippen molar-refractivity contribution in [1.82, 2.24) is 15.0 Å². The molecular weight excluding hydrogens is 170 g/mol. The lowest BCUT2D eigenvalue weighted by atomic mass is 10.1. The van der Waals surface area contributed by atoms with Crippen LogP contribution in [0.4, 0.5) is 0 Å². The van der Waals surface area contributed by atoms with Gasteiger partial charge in [-0.2, -0.15) is 4.98 Å². The van der Waals surface area contributed by atoms with E-state index in [-0.39, 0.29) is 12.1 Å². The molecule has 1 aromatic rings. The van der Waals surface area contributed by atoms with E-state index in [1.54, 1.807) is 0 Å². The molecule has 0 radical (unpaired) electrons. The van der Waals surface area contributed by atoms with E-state index in [1.165, 1.54) is 6.39 Å². The second kappa shape index (κ2) is 3.85. The number of aliphatic hydroxyl groups excluding tert-OH is 1. The van der Waals surface area contributed by atoms with E-state index in [9.17, 15) is 0 Å². The number of aromatic nitrogens is 2. The second-order valence-corrected chi connectivity index (χ2v) is 3.67. The van der Waals surface area contributed by atoms with Crippen LogP contribution in [-0.4, -0.2) is 39.3 Å². The van der Waals surface area contributed by atoms with E-state index < -0.39 is 0 Å². The third-order valence-electron chi connectivity index (χ3n) is 2.21. The summed E-state index contributed by atoms with van der Waals surface area (Å²) in [6.45, 7) is 4.57. The summed E-state index contributed by atoms with van der Waals surface area (Å²) in [7, 11) is 1.91. The van der Waals surface area contributed by atoms with Gasteiger partial charge < -0.3 is 9.63 Å². The highest BCUT2D eigenvalue weighted by atomic mass is 16.5. The molecule has 0 amide bonds. The summed E-state index contributed by atoms with van der Waals surface area (Å²) in [5.41, 5.74) is -0.263. The lowest BCUT2D eigenvalue weighted by molar-refractivity contribution is 0.0708. The van der Waals surface area contributed by atoms with E-state index in [0.29, 0.717) is 12.4 Å². The zero-order valence-electron chi connectivity index (χ0n) is 8.19. The van der Waals surface area contributed by atoms with Crippen LogP contribution in [0.15, 0.2) is 10.9 Å². The van der Waals surface area contributed by atoms with Crippen molar-refractivity contribution in [3.63, 3.8) is 0 Å². The number of hydrogen-bond donors (Lipinski definition) is 1. The molecule has 0 fully saturated rings. The van der Waals surface area contributed by atoms with Crippen LogP contribution in [0, 0.1) is 0 Å². The monoisotopic (exact) mass is 185 g/mol. The van der Waals surface area contributed by atoms with Gasteiger partial charge in [0.1, 0.15) is 0 Å². The Hall–Kier alpha value is -0.940. The molecular formula is C8H15N3O2. The highest BCUT2D eigenvalue weighted by Crippen LogP contribution is 2.12. The molecule has 0 atom stereocenters. The fourth-order valence-electron chi connectivity index (χ4n) is 0.809. The average molecular weight is 185 g/mol. The molecule has 0 saturated heterocycles. The van der Waals surface area contributed by atoms with E-state index in [0.717, 1.165) is 0 Å². The van der Waals surface area contributed by atoms with Gasteiger partial charge in [-0.25, -0.2) is 0 Å². The Morgan fingerprint density at radius 3 is 2.77 bits per heavy atom. The minimum atomic E-state index is -0.263. The molecule has 1 rings (SSSR count). The van der Waals surface area contributed by atoms with Gasteiger partial charge in [0.05, 0.1) is 13.2 Å². The Balaban J connectivity index is 2.55. The topological polar surface area (TPSA) is 62.4 Å². The van der Waals surface area contributed by atoms with Crippen LogP contribution in [0.2, 0.25) is 0 Å². The van der Waals surface area contributed by atoms with E-state index in [4.69, 9.17) is 5.11 Å². The van der Waals surface area contributed by atoms with Gasteiger partial charge in [0, 0.05) is 5.54 Å². The van der Waals surface area contributed by atoms with Gasteiger partial charge in [0.2, 0.25) is 6.39 Å². The fourth-order valence-corrected chi connectivity index (χ4v) is 0.809. The molecule has 5 heteroatoms. The zero-order chi connectivity index (χ0) is 9.90. The van der Waals surface area contributed by atoms with Crippen LogP contribution < -0.4 is 0 Å². The van der Waals surface area contributed by atoms with Crippen molar-refractivity contribution in [2.75, 3.05) is 13.7 Å². The van der Waals surface area contributed by atoms with Crippen molar-refractivity contribution in [3.05, 3.63) is 12.2 Å². The summed E-state index contributed by atoms with van der Waals surface area (Å²) in [5.74, 6) is 0.629. The molecule has 1 N–H and O–H groups in total. The largest absolute Gasteiger partial charge is 0.394 e. The van der Waals surface area contributed by atoms with Crippen LogP contribution in [0.1, 0.15) is 19.7 Å². The number of rotatable bonds is 4. The van der Waals surface area contributed by atoms with Gasteiger partial charge in [0.15, 0.2) is 5.82 Å². The summed E-state index contributed by atoms with van der Waals surface area (Å²) in [4.78, 5) is 5.87. The van der Waals surface area contributed by atoms with Gasteiger partial charge in [-0.3, -0.25) is 4.90 Å². The second-order valence-electron chi connectivity index (χ2n) is 3.67. The van der Waals surface area contributed by atoms with Crippen molar-refractivity contribution < 1.29 is 9.63 Å². The third kappa shape index (κ3) is 2.50. The molecule has 0 aromatic carbocycles. The fraction of sp³-hybridized carbons (Fsp3) is 0.750. The number of likely N-dealkylation sites (N-methyl/N-ethyl adjacent to an activating group) is 1. The quantitative estimate of drug-likeness (QED) is 0.729. The van der Waals surface area contributed by atoms with Crippen LogP contribution in [0.25, 0.3) is 0 Å². The lowest BCUT2D eigenvalue weighted by Gasteiger charge is -2.32. The molecule has 13 heavy (non-hydrogen) atoms. The van der Waals surface area contributed by atoms with Crippen molar-refractivity contribution in [2.45, 2.75) is 25.9 Å². The average Bonchev–Trinajstić information content (AvgIpc) is 2.57. The first-order valence-electron chi connectivity index (χ1n) is 4.13. The Labute approximate surface area is 77.4 Å². The highest BCUT2D eigenvalue weighted by Gasteiger charge is 2.23. The van der Waals surface area contributed by atoms with Gasteiger partial charge in [0.25, 0.3) is 0 Å². The molecule has 0 aliphatic carbocycles. The Bertz CT molecular complexity index is 246. The standard InChI is InChI=1S/C8H15N3O2/c1-8(2,5-12)11(3)4-7-9-6-13-10-7/h6,12H,4-5H2,1-3H3. The van der Waals surface area contributed by atoms with Gasteiger partial charge in [-0.1, -0.05) is 5.16 Å². The summed E-state index contributed by atoms with van der Waals surface area (Å²) in [6, 6.07) is 0. The first-order valence-corrected chi connectivity index (χ1v) is 4.13. The highest BCUT2D eigenvalue weighted by molar-refractivity contribution is 4.84. The van der Waals surface area contributed by atoms with Crippen molar-refractivity contribution in [1.29, 1.82) is 0 Å². The van der Waals surface area contributed by atoms with Crippen molar-refractivity contribution in [2.24, 2.45) is 0 Å². The number of hydrogen-bond acceptors (Lipinski definition) is 5. The minimum Gasteiger partial charge on any atom is -0.394 e. The lowest BCUT2D eigenvalue weighted by Crippen LogP contribution is -2.43.